The van der Waals surface area contributed by atoms with Gasteiger partial charge in [-0.05, 0) is 25.0 Å². The van der Waals surface area contributed by atoms with Crippen molar-refractivity contribution in [3.8, 4) is 0 Å². The fourth-order valence-corrected chi connectivity index (χ4v) is 3.93. The van der Waals surface area contributed by atoms with Crippen molar-refractivity contribution in [2.45, 2.75) is 23.8 Å². The molecule has 1 N–H and O–H groups in total. The molecule has 17 heavy (non-hydrogen) atoms. The number of halogens is 1. The second-order valence-electron chi connectivity index (χ2n) is 3.91. The predicted octanol–water partition coefficient (Wildman–Crippen LogP) is 0.880. The molecule has 0 unspecified atom stereocenters. The van der Waals surface area contributed by atoms with Crippen molar-refractivity contribution >= 4 is 21.6 Å². The summed E-state index contributed by atoms with van der Waals surface area (Å²) in [6.45, 7) is 0.283. The van der Waals surface area contributed by atoms with Crippen LogP contribution in [0.3, 0.4) is 0 Å². The molecule has 0 spiro atoms. The molecular weight excluding hydrogens is 264 g/mol. The van der Waals surface area contributed by atoms with E-state index in [1.807, 2.05) is 0 Å². The predicted molar refractivity (Wildman–Crippen MR) is 63.2 cm³/mol. The number of aliphatic hydroxyl groups is 1. The lowest BCUT2D eigenvalue weighted by atomic mass is 10.2. The smallest absolute Gasteiger partial charge is 0.243 e. The van der Waals surface area contributed by atoms with E-state index in [4.69, 9.17) is 16.7 Å². The zero-order chi connectivity index (χ0) is 12.5. The SMILES string of the molecule is O=S(=O)(c1ccnc(Cl)c1)N1CCC[C@@H]1CO. The highest BCUT2D eigenvalue weighted by Crippen LogP contribution is 2.26. The van der Waals surface area contributed by atoms with Gasteiger partial charge in [-0.25, -0.2) is 13.4 Å². The van der Waals surface area contributed by atoms with Crippen molar-refractivity contribution in [2.24, 2.45) is 0 Å². The average Bonchev–Trinajstić information content (AvgIpc) is 2.77. The van der Waals surface area contributed by atoms with Crippen LogP contribution in [0, 0.1) is 0 Å². The standard InChI is InChI=1S/C10H13ClN2O3S/c11-10-6-9(3-4-12-10)17(15,16)13-5-1-2-8(13)7-14/h3-4,6,8,14H,1-2,5,7H2/t8-/m1/s1. The lowest BCUT2D eigenvalue weighted by Crippen LogP contribution is -2.37. The normalized spacial score (nSPS) is 21.9. The van der Waals surface area contributed by atoms with Gasteiger partial charge in [0.25, 0.3) is 0 Å². The maximum absolute atomic E-state index is 12.3. The first-order chi connectivity index (χ1) is 8.05. The summed E-state index contributed by atoms with van der Waals surface area (Å²) < 4.78 is 25.9. The topological polar surface area (TPSA) is 70.5 Å². The fraction of sp³-hybridized carbons (Fsp3) is 0.500. The third kappa shape index (κ3) is 2.44. The van der Waals surface area contributed by atoms with E-state index in [9.17, 15) is 8.42 Å². The molecule has 5 nitrogen and oxygen atoms in total. The molecule has 1 aliphatic heterocycles. The van der Waals surface area contributed by atoms with Crippen LogP contribution in [0.4, 0.5) is 0 Å². The van der Waals surface area contributed by atoms with Crippen LogP contribution in [0.5, 0.6) is 0 Å². The second kappa shape index (κ2) is 4.89. The number of pyridine rings is 1. The number of nitrogens with zero attached hydrogens (tertiary/aromatic N) is 2. The number of hydrogen-bond donors (Lipinski definition) is 1. The van der Waals surface area contributed by atoms with Crippen molar-refractivity contribution in [2.75, 3.05) is 13.2 Å². The first-order valence-corrected chi connectivity index (χ1v) is 7.12. The highest BCUT2D eigenvalue weighted by atomic mass is 35.5. The van der Waals surface area contributed by atoms with Crippen LogP contribution in [0.25, 0.3) is 0 Å². The Morgan fingerprint density at radius 2 is 2.35 bits per heavy atom. The van der Waals surface area contributed by atoms with Crippen LogP contribution in [-0.4, -0.2) is 42.0 Å². The number of sulfonamides is 1. The van der Waals surface area contributed by atoms with E-state index in [2.05, 4.69) is 4.98 Å². The first-order valence-electron chi connectivity index (χ1n) is 5.30. The van der Waals surface area contributed by atoms with Crippen molar-refractivity contribution in [3.05, 3.63) is 23.5 Å². The van der Waals surface area contributed by atoms with Gasteiger partial charge in [0.15, 0.2) is 0 Å². The summed E-state index contributed by atoms with van der Waals surface area (Å²) in [7, 11) is -3.57. The molecule has 7 heteroatoms. The van der Waals surface area contributed by atoms with Gasteiger partial charge in [-0.1, -0.05) is 11.6 Å². The van der Waals surface area contributed by atoms with Crippen molar-refractivity contribution in [1.82, 2.24) is 9.29 Å². The Labute approximate surface area is 105 Å². The van der Waals surface area contributed by atoms with E-state index in [1.54, 1.807) is 0 Å². The second-order valence-corrected chi connectivity index (χ2v) is 6.19. The van der Waals surface area contributed by atoms with Gasteiger partial charge in [0, 0.05) is 18.8 Å². The number of aromatic nitrogens is 1. The Kier molecular flexibility index (Phi) is 3.67. The largest absolute Gasteiger partial charge is 0.395 e. The first kappa shape index (κ1) is 12.8. The molecule has 0 saturated carbocycles. The van der Waals surface area contributed by atoms with Crippen LogP contribution < -0.4 is 0 Å². The molecule has 1 atom stereocenters. The summed E-state index contributed by atoms with van der Waals surface area (Å²) in [5.41, 5.74) is 0. The van der Waals surface area contributed by atoms with Crippen LogP contribution in [0.2, 0.25) is 5.15 Å². The van der Waals surface area contributed by atoms with E-state index < -0.39 is 10.0 Å². The van der Waals surface area contributed by atoms with Gasteiger partial charge < -0.3 is 5.11 Å². The minimum atomic E-state index is -3.57. The lowest BCUT2D eigenvalue weighted by Gasteiger charge is -2.22. The van der Waals surface area contributed by atoms with Gasteiger partial charge in [0.05, 0.1) is 11.5 Å². The fourth-order valence-electron chi connectivity index (χ4n) is 1.99. The summed E-state index contributed by atoms with van der Waals surface area (Å²) in [5.74, 6) is 0. The Bertz CT molecular complexity index is 506. The number of aliphatic hydroxyl groups excluding tert-OH is 1. The van der Waals surface area contributed by atoms with Crippen molar-refractivity contribution in [3.63, 3.8) is 0 Å². The van der Waals surface area contributed by atoms with Gasteiger partial charge in [-0.2, -0.15) is 4.31 Å². The molecule has 0 amide bonds. The van der Waals surface area contributed by atoms with Crippen molar-refractivity contribution < 1.29 is 13.5 Å². The zero-order valence-electron chi connectivity index (χ0n) is 9.08. The number of hydrogen-bond acceptors (Lipinski definition) is 4. The van der Waals surface area contributed by atoms with E-state index in [0.29, 0.717) is 13.0 Å². The zero-order valence-corrected chi connectivity index (χ0v) is 10.7. The summed E-state index contributed by atoms with van der Waals surface area (Å²) in [4.78, 5) is 3.88. The Morgan fingerprint density at radius 3 is 3.00 bits per heavy atom. The lowest BCUT2D eigenvalue weighted by molar-refractivity contribution is 0.213. The summed E-state index contributed by atoms with van der Waals surface area (Å²) in [6, 6.07) is 2.41. The molecule has 94 valence electrons. The van der Waals surface area contributed by atoms with E-state index in [0.717, 1.165) is 6.42 Å². The molecule has 1 aliphatic rings. The molecule has 1 saturated heterocycles. The molecule has 0 radical (unpaired) electrons. The summed E-state index contributed by atoms with van der Waals surface area (Å²) in [6.07, 6.45) is 2.82. The van der Waals surface area contributed by atoms with Gasteiger partial charge in [0.2, 0.25) is 10.0 Å². The van der Waals surface area contributed by atoms with Crippen LogP contribution in [-0.2, 0) is 10.0 Å². The highest BCUT2D eigenvalue weighted by Gasteiger charge is 2.34. The maximum atomic E-state index is 12.3. The molecule has 2 rings (SSSR count). The molecule has 1 aromatic rings. The Balaban J connectivity index is 2.36. The summed E-state index contributed by atoms with van der Waals surface area (Å²) in [5, 5.41) is 9.30. The van der Waals surface area contributed by atoms with Crippen molar-refractivity contribution in [1.29, 1.82) is 0 Å². The van der Waals surface area contributed by atoms with Crippen LogP contribution in [0.15, 0.2) is 23.2 Å². The molecule has 1 fully saturated rings. The molecule has 0 aromatic carbocycles. The Morgan fingerprint density at radius 1 is 1.59 bits per heavy atom. The number of rotatable bonds is 3. The maximum Gasteiger partial charge on any atom is 0.243 e. The highest BCUT2D eigenvalue weighted by molar-refractivity contribution is 7.89. The minimum Gasteiger partial charge on any atom is -0.395 e. The van der Waals surface area contributed by atoms with Crippen LogP contribution >= 0.6 is 11.6 Å². The molecule has 1 aromatic heterocycles. The summed E-state index contributed by atoms with van der Waals surface area (Å²) >= 11 is 5.68. The van der Waals surface area contributed by atoms with Gasteiger partial charge in [-0.3, -0.25) is 0 Å². The van der Waals surface area contributed by atoms with E-state index in [1.165, 1.54) is 22.6 Å². The molecule has 0 aliphatic carbocycles. The minimum absolute atomic E-state index is 0.123. The Hall–Kier alpha value is -0.690. The van der Waals surface area contributed by atoms with Gasteiger partial charge in [0.1, 0.15) is 5.15 Å². The quantitative estimate of drug-likeness (QED) is 0.832. The van der Waals surface area contributed by atoms with E-state index in [-0.39, 0.29) is 22.7 Å². The monoisotopic (exact) mass is 276 g/mol. The van der Waals surface area contributed by atoms with Crippen LogP contribution in [0.1, 0.15) is 12.8 Å². The average molecular weight is 277 g/mol. The van der Waals surface area contributed by atoms with Gasteiger partial charge in [-0.15, -0.1) is 0 Å². The van der Waals surface area contributed by atoms with Gasteiger partial charge >= 0.3 is 0 Å². The molecule has 2 heterocycles. The van der Waals surface area contributed by atoms with E-state index >= 15 is 0 Å². The third-order valence-corrected chi connectivity index (χ3v) is 4.99. The molecule has 0 bridgehead atoms. The molecular formula is C10H13ClN2O3S. The third-order valence-electron chi connectivity index (χ3n) is 2.84.